The lowest BCUT2D eigenvalue weighted by atomic mass is 10.2. The van der Waals surface area contributed by atoms with E-state index in [1.807, 2.05) is 17.5 Å². The van der Waals surface area contributed by atoms with Crippen LogP contribution in [0.3, 0.4) is 0 Å². The number of anilines is 1. The minimum Gasteiger partial charge on any atom is -0.472 e. The molecule has 0 aliphatic carbocycles. The molecule has 0 aromatic carbocycles. The van der Waals surface area contributed by atoms with Crippen molar-refractivity contribution in [2.24, 2.45) is 0 Å². The summed E-state index contributed by atoms with van der Waals surface area (Å²) in [6, 6.07) is 5.24. The van der Waals surface area contributed by atoms with E-state index in [1.54, 1.807) is 12.5 Å². The number of aromatic nitrogens is 1. The summed E-state index contributed by atoms with van der Waals surface area (Å²) in [6.45, 7) is 0.271. The van der Waals surface area contributed by atoms with E-state index in [0.717, 1.165) is 16.0 Å². The van der Waals surface area contributed by atoms with E-state index < -0.39 is 11.8 Å². The third-order valence-electron chi connectivity index (χ3n) is 2.82. The third-order valence-corrected chi connectivity index (χ3v) is 3.75. The molecule has 2 N–H and O–H groups in total. The second-order valence-corrected chi connectivity index (χ2v) is 5.33. The van der Waals surface area contributed by atoms with Gasteiger partial charge in [-0.05, 0) is 23.1 Å². The molecule has 7 nitrogen and oxygen atoms in total. The number of carbonyl (C=O) groups is 2. The molecule has 0 bridgehead atoms. The van der Waals surface area contributed by atoms with Crippen molar-refractivity contribution in [3.63, 3.8) is 0 Å². The van der Waals surface area contributed by atoms with E-state index in [2.05, 4.69) is 20.3 Å². The molecule has 0 fully saturated rings. The molecule has 2 amide bonds. The van der Waals surface area contributed by atoms with Gasteiger partial charge in [-0.15, -0.1) is 11.3 Å². The normalized spacial score (nSPS) is 10.4. The van der Waals surface area contributed by atoms with Crippen molar-refractivity contribution < 1.29 is 18.5 Å². The first-order valence-corrected chi connectivity index (χ1v) is 7.20. The van der Waals surface area contributed by atoms with Crippen molar-refractivity contribution in [3.05, 3.63) is 47.2 Å². The van der Waals surface area contributed by atoms with Gasteiger partial charge < -0.3 is 14.3 Å². The van der Waals surface area contributed by atoms with Gasteiger partial charge in [-0.3, -0.25) is 14.9 Å². The molecule has 0 saturated carbocycles. The molecule has 3 heterocycles. The standard InChI is InChI=1S/C14H11N3O4S/c18-13(14(19)16-12-2-4-21-17-12)15-6-11-5-10(8-22-11)9-1-3-20-7-9/h1-5,7-8H,6H2,(H,15,18)(H,16,17,19). The summed E-state index contributed by atoms with van der Waals surface area (Å²) >= 11 is 1.49. The number of nitrogens with one attached hydrogen (secondary N) is 2. The highest BCUT2D eigenvalue weighted by atomic mass is 32.1. The highest BCUT2D eigenvalue weighted by Gasteiger charge is 2.15. The fraction of sp³-hybridized carbons (Fsp3) is 0.0714. The summed E-state index contributed by atoms with van der Waals surface area (Å²) in [4.78, 5) is 24.2. The van der Waals surface area contributed by atoms with Crippen LogP contribution >= 0.6 is 11.3 Å². The van der Waals surface area contributed by atoms with Crippen molar-refractivity contribution in [2.75, 3.05) is 5.32 Å². The zero-order chi connectivity index (χ0) is 15.4. The first kappa shape index (κ1) is 14.1. The molecule has 3 aromatic heterocycles. The van der Waals surface area contributed by atoms with Crippen LogP contribution in [0.4, 0.5) is 5.82 Å². The lowest BCUT2D eigenvalue weighted by Crippen LogP contribution is -2.34. The zero-order valence-corrected chi connectivity index (χ0v) is 12.1. The van der Waals surface area contributed by atoms with Gasteiger partial charge in [0.1, 0.15) is 6.26 Å². The lowest BCUT2D eigenvalue weighted by Gasteiger charge is -2.02. The summed E-state index contributed by atoms with van der Waals surface area (Å²) in [5.41, 5.74) is 1.98. The van der Waals surface area contributed by atoms with E-state index in [0.29, 0.717) is 0 Å². The highest BCUT2D eigenvalue weighted by molar-refractivity contribution is 7.10. The number of rotatable bonds is 4. The molecule has 0 radical (unpaired) electrons. The van der Waals surface area contributed by atoms with Crippen LogP contribution in [0.2, 0.25) is 0 Å². The third kappa shape index (κ3) is 3.23. The summed E-state index contributed by atoms with van der Waals surface area (Å²) in [5, 5.41) is 10.3. The molecule has 0 aliphatic heterocycles. The predicted molar refractivity (Wildman–Crippen MR) is 79.0 cm³/mol. The molecule has 22 heavy (non-hydrogen) atoms. The Hall–Kier alpha value is -2.87. The maximum Gasteiger partial charge on any atom is 0.314 e. The van der Waals surface area contributed by atoms with Gasteiger partial charge >= 0.3 is 11.8 Å². The summed E-state index contributed by atoms with van der Waals surface area (Å²) < 4.78 is 9.59. The zero-order valence-electron chi connectivity index (χ0n) is 11.2. The van der Waals surface area contributed by atoms with Gasteiger partial charge in [-0.2, -0.15) is 0 Å². The number of hydrogen-bond acceptors (Lipinski definition) is 6. The molecular weight excluding hydrogens is 306 g/mol. The summed E-state index contributed by atoms with van der Waals surface area (Å²) in [7, 11) is 0. The predicted octanol–water partition coefficient (Wildman–Crippen LogP) is 2.25. The molecule has 0 aliphatic rings. The van der Waals surface area contributed by atoms with Gasteiger partial charge in [0, 0.05) is 16.5 Å². The Balaban J connectivity index is 1.54. The van der Waals surface area contributed by atoms with E-state index in [-0.39, 0.29) is 12.4 Å². The Morgan fingerprint density at radius 2 is 2.09 bits per heavy atom. The topological polar surface area (TPSA) is 97.4 Å². The maximum atomic E-state index is 11.7. The van der Waals surface area contributed by atoms with Crippen LogP contribution in [0, 0.1) is 0 Å². The largest absolute Gasteiger partial charge is 0.472 e. The van der Waals surface area contributed by atoms with Gasteiger partial charge in [0.25, 0.3) is 0 Å². The van der Waals surface area contributed by atoms with Gasteiger partial charge in [-0.25, -0.2) is 0 Å². The first-order valence-electron chi connectivity index (χ1n) is 6.32. The second kappa shape index (κ2) is 6.27. The fourth-order valence-corrected chi connectivity index (χ4v) is 2.58. The van der Waals surface area contributed by atoms with Crippen LogP contribution in [0.5, 0.6) is 0 Å². The lowest BCUT2D eigenvalue weighted by molar-refractivity contribution is -0.136. The van der Waals surface area contributed by atoms with Crippen LogP contribution in [0.25, 0.3) is 11.1 Å². The maximum absolute atomic E-state index is 11.7. The molecule has 0 unspecified atom stereocenters. The first-order chi connectivity index (χ1) is 10.7. The van der Waals surface area contributed by atoms with Gasteiger partial charge in [0.2, 0.25) is 0 Å². The monoisotopic (exact) mass is 317 g/mol. The van der Waals surface area contributed by atoms with Crippen LogP contribution in [-0.4, -0.2) is 17.0 Å². The second-order valence-electron chi connectivity index (χ2n) is 4.34. The molecule has 3 rings (SSSR count). The number of hydrogen-bond donors (Lipinski definition) is 2. The Bertz CT molecular complexity index is 762. The summed E-state index contributed by atoms with van der Waals surface area (Å²) in [6.07, 6.45) is 4.55. The molecule has 8 heteroatoms. The Labute approximate surface area is 128 Å². The Morgan fingerprint density at radius 1 is 1.18 bits per heavy atom. The van der Waals surface area contributed by atoms with Crippen LogP contribution in [0.1, 0.15) is 4.88 Å². The molecular formula is C14H11N3O4S. The van der Waals surface area contributed by atoms with Crippen LogP contribution < -0.4 is 10.6 Å². The van der Waals surface area contributed by atoms with Crippen molar-refractivity contribution >= 4 is 29.0 Å². The molecule has 0 spiro atoms. The Kier molecular flexibility index (Phi) is 4.01. The number of furan rings is 1. The molecule has 0 saturated heterocycles. The van der Waals surface area contributed by atoms with E-state index in [1.165, 1.54) is 23.7 Å². The minimum atomic E-state index is -0.791. The van der Waals surface area contributed by atoms with Crippen molar-refractivity contribution in [1.82, 2.24) is 10.5 Å². The van der Waals surface area contributed by atoms with Crippen molar-refractivity contribution in [1.29, 1.82) is 0 Å². The highest BCUT2D eigenvalue weighted by Crippen LogP contribution is 2.25. The number of nitrogens with zero attached hydrogens (tertiary/aromatic N) is 1. The smallest absolute Gasteiger partial charge is 0.314 e. The SMILES string of the molecule is O=C(NCc1cc(-c2ccoc2)cs1)C(=O)Nc1ccon1. The average Bonchev–Trinajstić information content (AvgIpc) is 3.25. The van der Waals surface area contributed by atoms with Gasteiger partial charge in [-0.1, -0.05) is 5.16 Å². The van der Waals surface area contributed by atoms with Gasteiger partial charge in [0.15, 0.2) is 5.82 Å². The van der Waals surface area contributed by atoms with Crippen LogP contribution in [0.15, 0.2) is 51.3 Å². The molecule has 3 aromatic rings. The van der Waals surface area contributed by atoms with E-state index in [4.69, 9.17) is 4.42 Å². The minimum absolute atomic E-state index is 0.193. The molecule has 0 atom stereocenters. The number of thiophene rings is 1. The number of amides is 2. The van der Waals surface area contributed by atoms with E-state index >= 15 is 0 Å². The van der Waals surface area contributed by atoms with Crippen molar-refractivity contribution in [3.8, 4) is 11.1 Å². The van der Waals surface area contributed by atoms with Crippen molar-refractivity contribution in [2.45, 2.75) is 6.54 Å². The summed E-state index contributed by atoms with van der Waals surface area (Å²) in [5.74, 6) is -1.33. The fourth-order valence-electron chi connectivity index (χ4n) is 1.75. The van der Waals surface area contributed by atoms with Crippen LogP contribution in [-0.2, 0) is 16.1 Å². The Morgan fingerprint density at radius 3 is 2.82 bits per heavy atom. The quantitative estimate of drug-likeness (QED) is 0.719. The van der Waals surface area contributed by atoms with E-state index in [9.17, 15) is 9.59 Å². The van der Waals surface area contributed by atoms with Gasteiger partial charge in [0.05, 0.1) is 19.1 Å². The number of carbonyl (C=O) groups excluding carboxylic acids is 2. The average molecular weight is 317 g/mol. The molecule has 112 valence electrons.